The molecular formula is C38H23N5S. The summed E-state index contributed by atoms with van der Waals surface area (Å²) in [6, 6.07) is 46.0. The van der Waals surface area contributed by atoms with Crippen LogP contribution in [0.15, 0.2) is 140 Å². The Morgan fingerprint density at radius 1 is 0.455 bits per heavy atom. The first kappa shape index (κ1) is 24.8. The lowest BCUT2D eigenvalue weighted by atomic mass is 9.99. The molecule has 0 radical (unpaired) electrons. The summed E-state index contributed by atoms with van der Waals surface area (Å²) in [7, 11) is 0. The molecule has 0 unspecified atom stereocenters. The lowest BCUT2D eigenvalue weighted by Gasteiger charge is -2.10. The van der Waals surface area contributed by atoms with Gasteiger partial charge in [-0.2, -0.15) is 0 Å². The van der Waals surface area contributed by atoms with E-state index in [0.717, 1.165) is 38.6 Å². The predicted octanol–water partition coefficient (Wildman–Crippen LogP) is 9.71. The van der Waals surface area contributed by atoms with Crippen molar-refractivity contribution < 1.29 is 0 Å². The number of rotatable bonds is 4. The van der Waals surface area contributed by atoms with Crippen LogP contribution in [0.3, 0.4) is 0 Å². The Labute approximate surface area is 256 Å². The Kier molecular flexibility index (Phi) is 5.61. The molecule has 0 spiro atoms. The van der Waals surface area contributed by atoms with E-state index in [-0.39, 0.29) is 0 Å². The molecule has 0 saturated heterocycles. The third-order valence-electron chi connectivity index (χ3n) is 8.06. The summed E-state index contributed by atoms with van der Waals surface area (Å²) in [6.07, 6.45) is 2.08. The molecule has 206 valence electrons. The van der Waals surface area contributed by atoms with Crippen molar-refractivity contribution in [3.8, 4) is 45.3 Å². The Hall–Kier alpha value is -5.72. The van der Waals surface area contributed by atoms with Crippen molar-refractivity contribution in [1.29, 1.82) is 0 Å². The molecule has 4 aromatic heterocycles. The van der Waals surface area contributed by atoms with Crippen LogP contribution in [0.25, 0.3) is 82.1 Å². The molecule has 9 aromatic rings. The molecule has 5 aromatic carbocycles. The van der Waals surface area contributed by atoms with Crippen molar-refractivity contribution >= 4 is 48.2 Å². The Morgan fingerprint density at radius 2 is 1.02 bits per heavy atom. The van der Waals surface area contributed by atoms with Crippen molar-refractivity contribution in [2.75, 3.05) is 0 Å². The molecular weight excluding hydrogens is 559 g/mol. The number of fused-ring (bicyclic) bond motifs is 6. The van der Waals surface area contributed by atoms with Crippen LogP contribution < -0.4 is 0 Å². The van der Waals surface area contributed by atoms with Gasteiger partial charge in [0.15, 0.2) is 17.5 Å². The summed E-state index contributed by atoms with van der Waals surface area (Å²) in [5.41, 5.74) is 7.27. The second kappa shape index (κ2) is 9.93. The van der Waals surface area contributed by atoms with E-state index in [1.165, 1.54) is 26.0 Å². The minimum atomic E-state index is 0.656. The van der Waals surface area contributed by atoms with Gasteiger partial charge in [-0.05, 0) is 58.3 Å². The molecule has 0 fully saturated rings. The Bertz CT molecular complexity index is 2440. The second-order valence-corrected chi connectivity index (χ2v) is 11.9. The highest BCUT2D eigenvalue weighted by Crippen LogP contribution is 2.37. The summed E-state index contributed by atoms with van der Waals surface area (Å²) in [4.78, 5) is 20.8. The predicted molar refractivity (Wildman–Crippen MR) is 181 cm³/mol. The van der Waals surface area contributed by atoms with E-state index >= 15 is 0 Å². The molecule has 0 N–H and O–H groups in total. The lowest BCUT2D eigenvalue weighted by Crippen LogP contribution is -2.00. The van der Waals surface area contributed by atoms with E-state index in [2.05, 4.69) is 77.3 Å². The third-order valence-corrected chi connectivity index (χ3v) is 9.22. The number of imidazole rings is 1. The van der Waals surface area contributed by atoms with Gasteiger partial charge in [-0.3, -0.25) is 4.40 Å². The Morgan fingerprint density at radius 3 is 1.73 bits per heavy atom. The van der Waals surface area contributed by atoms with Gasteiger partial charge < -0.3 is 0 Å². The average Bonchev–Trinajstić information content (AvgIpc) is 3.64. The van der Waals surface area contributed by atoms with Gasteiger partial charge in [-0.1, -0.05) is 97.1 Å². The van der Waals surface area contributed by atoms with Crippen LogP contribution in [0.1, 0.15) is 0 Å². The lowest BCUT2D eigenvalue weighted by molar-refractivity contribution is 1.07. The summed E-state index contributed by atoms with van der Waals surface area (Å²) in [6.45, 7) is 0. The average molecular weight is 582 g/mol. The fraction of sp³-hybridized carbons (Fsp3) is 0. The maximum absolute atomic E-state index is 4.93. The number of benzene rings is 5. The summed E-state index contributed by atoms with van der Waals surface area (Å²) >= 11 is 1.79. The first-order chi connectivity index (χ1) is 21.8. The summed E-state index contributed by atoms with van der Waals surface area (Å²) < 4.78 is 3.42. The van der Waals surface area contributed by atoms with Gasteiger partial charge in [-0.25, -0.2) is 19.9 Å². The van der Waals surface area contributed by atoms with Crippen LogP contribution in [0, 0.1) is 0 Å². The monoisotopic (exact) mass is 581 g/mol. The molecule has 44 heavy (non-hydrogen) atoms. The standard InChI is InChI=1S/C38H23N5S/c1-3-9-24(10-4-1)35-40-36(25-11-5-2-6-12-25)42-37(41-35)30-17-16-26-21-27(14-15-28(26)22-30)29-18-19-32-31(23-29)34-38(44-32)43-20-8-7-13-33(43)39-34/h1-23H. The first-order valence-electron chi connectivity index (χ1n) is 14.5. The van der Waals surface area contributed by atoms with Crippen LogP contribution in [0.2, 0.25) is 0 Å². The van der Waals surface area contributed by atoms with Crippen molar-refractivity contribution in [2.24, 2.45) is 0 Å². The zero-order chi connectivity index (χ0) is 29.0. The fourth-order valence-corrected chi connectivity index (χ4v) is 6.95. The van der Waals surface area contributed by atoms with Gasteiger partial charge in [-0.15, -0.1) is 11.3 Å². The van der Waals surface area contributed by atoms with Crippen LogP contribution in [0.5, 0.6) is 0 Å². The van der Waals surface area contributed by atoms with Gasteiger partial charge in [0.1, 0.15) is 16.0 Å². The van der Waals surface area contributed by atoms with E-state index in [4.69, 9.17) is 19.9 Å². The van der Waals surface area contributed by atoms with E-state index in [0.29, 0.717) is 17.5 Å². The number of hydrogen-bond donors (Lipinski definition) is 0. The molecule has 0 bridgehead atoms. The number of nitrogens with zero attached hydrogens (tertiary/aromatic N) is 5. The third kappa shape index (κ3) is 4.15. The minimum Gasteiger partial charge on any atom is -0.291 e. The van der Waals surface area contributed by atoms with E-state index in [1.54, 1.807) is 11.3 Å². The normalized spacial score (nSPS) is 11.6. The quantitative estimate of drug-likeness (QED) is 0.208. The molecule has 0 saturated carbocycles. The van der Waals surface area contributed by atoms with Crippen LogP contribution in [-0.4, -0.2) is 24.3 Å². The zero-order valence-corrected chi connectivity index (χ0v) is 24.2. The highest BCUT2D eigenvalue weighted by Gasteiger charge is 2.15. The van der Waals surface area contributed by atoms with Crippen molar-refractivity contribution in [1.82, 2.24) is 24.3 Å². The number of aromatic nitrogens is 5. The van der Waals surface area contributed by atoms with E-state index in [9.17, 15) is 0 Å². The molecule has 0 atom stereocenters. The summed E-state index contributed by atoms with van der Waals surface area (Å²) in [5.74, 6) is 1.98. The van der Waals surface area contributed by atoms with E-state index in [1.807, 2.05) is 66.7 Å². The fourth-order valence-electron chi connectivity index (χ4n) is 5.84. The molecule has 0 aliphatic heterocycles. The first-order valence-corrected chi connectivity index (χ1v) is 15.3. The highest BCUT2D eigenvalue weighted by atomic mass is 32.1. The van der Waals surface area contributed by atoms with Crippen LogP contribution in [-0.2, 0) is 0 Å². The number of pyridine rings is 1. The summed E-state index contributed by atoms with van der Waals surface area (Å²) in [5, 5.41) is 3.49. The van der Waals surface area contributed by atoms with Crippen molar-refractivity contribution in [2.45, 2.75) is 0 Å². The number of hydrogen-bond acceptors (Lipinski definition) is 5. The highest BCUT2D eigenvalue weighted by molar-refractivity contribution is 7.25. The largest absolute Gasteiger partial charge is 0.291 e. The Balaban J connectivity index is 1.12. The van der Waals surface area contributed by atoms with Crippen molar-refractivity contribution in [3.05, 3.63) is 140 Å². The molecule has 0 amide bonds. The molecule has 9 rings (SSSR count). The van der Waals surface area contributed by atoms with Crippen molar-refractivity contribution in [3.63, 3.8) is 0 Å². The van der Waals surface area contributed by atoms with Gasteiger partial charge in [0.25, 0.3) is 0 Å². The zero-order valence-electron chi connectivity index (χ0n) is 23.4. The molecule has 4 heterocycles. The molecule has 0 aliphatic rings. The smallest absolute Gasteiger partial charge is 0.164 e. The van der Waals surface area contributed by atoms with Crippen LogP contribution >= 0.6 is 11.3 Å². The maximum atomic E-state index is 4.93. The van der Waals surface area contributed by atoms with Crippen LogP contribution in [0.4, 0.5) is 0 Å². The second-order valence-electron chi connectivity index (χ2n) is 10.8. The SMILES string of the molecule is c1ccc(-c2nc(-c3ccccc3)nc(-c3ccc4cc(-c5ccc6sc7c(nc8ccccn87)c6c5)ccc4c3)n2)cc1. The molecule has 6 heteroatoms. The van der Waals surface area contributed by atoms with Gasteiger partial charge in [0.05, 0.1) is 0 Å². The van der Waals surface area contributed by atoms with Gasteiger partial charge in [0.2, 0.25) is 0 Å². The maximum Gasteiger partial charge on any atom is 0.164 e. The van der Waals surface area contributed by atoms with Gasteiger partial charge in [0, 0.05) is 33.0 Å². The van der Waals surface area contributed by atoms with Gasteiger partial charge >= 0.3 is 0 Å². The topological polar surface area (TPSA) is 56.0 Å². The number of thiophene rings is 1. The van der Waals surface area contributed by atoms with E-state index < -0.39 is 0 Å². The molecule has 0 aliphatic carbocycles. The minimum absolute atomic E-state index is 0.656. The molecule has 5 nitrogen and oxygen atoms in total.